The number of fused-ring (bicyclic) bond motifs is 2. The number of carbonyl (C=O) groups is 1. The van der Waals surface area contributed by atoms with Crippen molar-refractivity contribution in [3.63, 3.8) is 0 Å². The Kier molecular flexibility index (Phi) is 6.63. The Balaban J connectivity index is 1.33. The van der Waals surface area contributed by atoms with Gasteiger partial charge in [-0.1, -0.05) is 55.1 Å². The topological polar surface area (TPSA) is 88.2 Å². The van der Waals surface area contributed by atoms with Gasteiger partial charge in [0.2, 0.25) is 0 Å². The number of aromatic carboxylic acids is 1. The van der Waals surface area contributed by atoms with Crippen molar-refractivity contribution in [2.24, 2.45) is 0 Å². The first-order valence-electron chi connectivity index (χ1n) is 14.2. The number of phenolic OH excluding ortho intramolecular Hbond substituents is 1. The van der Waals surface area contributed by atoms with Gasteiger partial charge in [-0.3, -0.25) is 0 Å². The first-order valence-corrected chi connectivity index (χ1v) is 14.6. The van der Waals surface area contributed by atoms with Crippen molar-refractivity contribution in [1.82, 2.24) is 14.5 Å². The first-order chi connectivity index (χ1) is 20.4. The summed E-state index contributed by atoms with van der Waals surface area (Å²) in [6.07, 6.45) is 5.75. The van der Waals surface area contributed by atoms with E-state index in [4.69, 9.17) is 21.6 Å². The second kappa shape index (κ2) is 10.6. The summed E-state index contributed by atoms with van der Waals surface area (Å²) in [6, 6.07) is 28.7. The van der Waals surface area contributed by atoms with Crippen LogP contribution in [0.25, 0.3) is 55.7 Å². The smallest absolute Gasteiger partial charge is 0.335 e. The van der Waals surface area contributed by atoms with Crippen molar-refractivity contribution in [3.05, 3.63) is 102 Å². The monoisotopic (exact) mass is 573 g/mol. The fraction of sp³-hybridized carbons (Fsp3) is 0.171. The number of pyridine rings is 1. The van der Waals surface area contributed by atoms with E-state index in [0.29, 0.717) is 16.6 Å². The molecular weight excluding hydrogens is 546 g/mol. The quantitative estimate of drug-likeness (QED) is 0.215. The molecule has 0 unspecified atom stereocenters. The number of hydrogen-bond acceptors (Lipinski definition) is 4. The zero-order chi connectivity index (χ0) is 28.8. The Morgan fingerprint density at radius 2 is 1.55 bits per heavy atom. The molecule has 2 N–H and O–H groups in total. The molecule has 0 spiro atoms. The van der Waals surface area contributed by atoms with Crippen molar-refractivity contribution in [2.45, 2.75) is 38.1 Å². The van der Waals surface area contributed by atoms with Crippen LogP contribution in [0, 0.1) is 0 Å². The summed E-state index contributed by atoms with van der Waals surface area (Å²) in [4.78, 5) is 21.6. The van der Waals surface area contributed by atoms with Crippen molar-refractivity contribution in [3.8, 4) is 39.5 Å². The highest BCUT2D eigenvalue weighted by atomic mass is 35.5. The van der Waals surface area contributed by atoms with Crippen LogP contribution < -0.4 is 0 Å². The predicted octanol–water partition coefficient (Wildman–Crippen LogP) is 9.15. The SMILES string of the molecule is O=C(O)c1ccc2c(c1)nc(-c1ccc3nc(-c4cc(O)ccc4-c4ccc(Cl)cc4)ccc3c1)n2C1CCCCC1. The summed E-state index contributed by atoms with van der Waals surface area (Å²) in [6.45, 7) is 0. The van der Waals surface area contributed by atoms with Crippen molar-refractivity contribution < 1.29 is 15.0 Å². The molecule has 0 bridgehead atoms. The van der Waals surface area contributed by atoms with Gasteiger partial charge in [0.05, 0.1) is 27.8 Å². The molecule has 1 fully saturated rings. The van der Waals surface area contributed by atoms with Crippen LogP contribution in [0.3, 0.4) is 0 Å². The number of imidazole rings is 1. The molecule has 208 valence electrons. The third-order valence-corrected chi connectivity index (χ3v) is 8.51. The van der Waals surface area contributed by atoms with Crippen LogP contribution in [0.2, 0.25) is 5.02 Å². The molecule has 7 rings (SSSR count). The maximum Gasteiger partial charge on any atom is 0.335 e. The molecule has 2 aromatic heterocycles. The lowest BCUT2D eigenvalue weighted by atomic mass is 9.94. The third kappa shape index (κ3) is 4.78. The minimum absolute atomic E-state index is 0.174. The fourth-order valence-electron chi connectivity index (χ4n) is 6.18. The number of halogens is 1. The van der Waals surface area contributed by atoms with Crippen LogP contribution in [-0.2, 0) is 0 Å². The minimum Gasteiger partial charge on any atom is -0.508 e. The number of hydrogen-bond donors (Lipinski definition) is 2. The minimum atomic E-state index is -0.954. The van der Waals surface area contributed by atoms with Crippen LogP contribution in [-0.4, -0.2) is 30.7 Å². The van der Waals surface area contributed by atoms with Gasteiger partial charge >= 0.3 is 5.97 Å². The predicted molar refractivity (Wildman–Crippen MR) is 167 cm³/mol. The number of nitrogens with zero attached hydrogens (tertiary/aromatic N) is 3. The van der Waals surface area contributed by atoms with Crippen molar-refractivity contribution in [1.29, 1.82) is 0 Å². The lowest BCUT2D eigenvalue weighted by Gasteiger charge is -2.25. The van der Waals surface area contributed by atoms with Gasteiger partial charge in [-0.2, -0.15) is 0 Å². The largest absolute Gasteiger partial charge is 0.508 e. The first kappa shape index (κ1) is 26.2. The molecule has 0 saturated heterocycles. The molecule has 7 heteroatoms. The Morgan fingerprint density at radius 3 is 2.33 bits per heavy atom. The molecule has 0 aliphatic heterocycles. The molecule has 1 aliphatic rings. The van der Waals surface area contributed by atoms with E-state index in [0.717, 1.165) is 63.0 Å². The maximum absolute atomic E-state index is 11.7. The van der Waals surface area contributed by atoms with Gasteiger partial charge < -0.3 is 14.8 Å². The standard InChI is InChI=1S/C35H28ClN3O3/c36-25-11-6-21(7-12-25)28-14-13-27(40)20-29(28)31-16-8-22-18-23(9-15-30(22)37-31)34-38-32-19-24(35(41)42)10-17-33(32)39(34)26-4-2-1-3-5-26/h6-20,26,40H,1-5H2,(H,41,42). The average molecular weight is 574 g/mol. The number of carboxylic acid groups (broad SMARTS) is 1. The molecule has 4 aromatic carbocycles. The van der Waals surface area contributed by atoms with Gasteiger partial charge in [-0.05, 0) is 90.7 Å². The van der Waals surface area contributed by atoms with Gasteiger partial charge in [-0.25, -0.2) is 14.8 Å². The lowest BCUT2D eigenvalue weighted by Crippen LogP contribution is -2.14. The number of aromatic hydroxyl groups is 1. The Labute approximate surface area is 247 Å². The summed E-state index contributed by atoms with van der Waals surface area (Å²) in [5, 5.41) is 21.5. The normalized spacial score (nSPS) is 14.0. The van der Waals surface area contributed by atoms with Crippen LogP contribution in [0.4, 0.5) is 0 Å². The Hall–Kier alpha value is -4.68. The molecule has 1 saturated carbocycles. The maximum atomic E-state index is 11.7. The molecule has 42 heavy (non-hydrogen) atoms. The van der Waals surface area contributed by atoms with Gasteiger partial charge in [-0.15, -0.1) is 0 Å². The van der Waals surface area contributed by atoms with Crippen molar-refractivity contribution in [2.75, 3.05) is 0 Å². The van der Waals surface area contributed by atoms with E-state index < -0.39 is 5.97 Å². The van der Waals surface area contributed by atoms with Gasteiger partial charge in [0.1, 0.15) is 11.6 Å². The fourth-order valence-corrected chi connectivity index (χ4v) is 6.31. The summed E-state index contributed by atoms with van der Waals surface area (Å²) < 4.78 is 2.31. The van der Waals surface area contributed by atoms with Crippen molar-refractivity contribution >= 4 is 39.5 Å². The molecule has 2 heterocycles. The van der Waals surface area contributed by atoms with E-state index in [1.165, 1.54) is 19.3 Å². The molecule has 0 amide bonds. The second-order valence-corrected chi connectivity index (χ2v) is 11.4. The number of rotatable bonds is 5. The van der Waals surface area contributed by atoms with Crippen LogP contribution in [0.15, 0.2) is 91.0 Å². The molecular formula is C35H28ClN3O3. The summed E-state index contributed by atoms with van der Waals surface area (Å²) >= 11 is 6.12. The number of phenols is 1. The lowest BCUT2D eigenvalue weighted by molar-refractivity contribution is 0.0697. The summed E-state index contributed by atoms with van der Waals surface area (Å²) in [7, 11) is 0. The van der Waals surface area contributed by atoms with E-state index in [2.05, 4.69) is 10.6 Å². The Bertz CT molecular complexity index is 1970. The highest BCUT2D eigenvalue weighted by Gasteiger charge is 2.23. The van der Waals surface area contributed by atoms with E-state index in [-0.39, 0.29) is 11.3 Å². The van der Waals surface area contributed by atoms with Gasteiger partial charge in [0.25, 0.3) is 0 Å². The molecule has 6 aromatic rings. The van der Waals surface area contributed by atoms with E-state index in [1.54, 1.807) is 24.3 Å². The molecule has 6 nitrogen and oxygen atoms in total. The number of aromatic nitrogens is 3. The zero-order valence-electron chi connectivity index (χ0n) is 22.8. The average Bonchev–Trinajstić information content (AvgIpc) is 3.40. The van der Waals surface area contributed by atoms with Gasteiger partial charge in [0.15, 0.2) is 0 Å². The van der Waals surface area contributed by atoms with E-state index in [1.807, 2.05) is 60.7 Å². The third-order valence-electron chi connectivity index (χ3n) is 8.26. The van der Waals surface area contributed by atoms with Gasteiger partial charge in [0, 0.05) is 27.6 Å². The molecule has 0 atom stereocenters. The summed E-state index contributed by atoms with van der Waals surface area (Å²) in [5.74, 6) is 0.0697. The molecule has 1 aliphatic carbocycles. The van der Waals surface area contributed by atoms with E-state index >= 15 is 0 Å². The van der Waals surface area contributed by atoms with Crippen LogP contribution >= 0.6 is 11.6 Å². The summed E-state index contributed by atoms with van der Waals surface area (Å²) in [5.41, 5.74) is 7.22. The number of benzene rings is 4. The van der Waals surface area contributed by atoms with E-state index in [9.17, 15) is 15.0 Å². The van der Waals surface area contributed by atoms with Crippen LogP contribution in [0.5, 0.6) is 5.75 Å². The number of carboxylic acids is 1. The van der Waals surface area contributed by atoms with Crippen LogP contribution in [0.1, 0.15) is 48.5 Å². The second-order valence-electron chi connectivity index (χ2n) is 10.9. The Morgan fingerprint density at radius 1 is 0.762 bits per heavy atom. The highest BCUT2D eigenvalue weighted by Crippen LogP contribution is 2.38. The highest BCUT2D eigenvalue weighted by molar-refractivity contribution is 6.30. The molecule has 0 radical (unpaired) electrons. The zero-order valence-corrected chi connectivity index (χ0v) is 23.6.